The van der Waals surface area contributed by atoms with Gasteiger partial charge in [-0.05, 0) is 0 Å². The highest BCUT2D eigenvalue weighted by molar-refractivity contribution is 8.29. The summed E-state index contributed by atoms with van der Waals surface area (Å²) >= 11 is 14.1. The molecule has 0 aliphatic heterocycles. The molecule has 10 heavy (non-hydrogen) atoms. The normalized spacial score (nSPS) is 17.0. The Morgan fingerprint density at radius 1 is 0.800 bits per heavy atom. The molecule has 0 unspecified atom stereocenters. The van der Waals surface area contributed by atoms with Crippen molar-refractivity contribution in [1.82, 2.24) is 0 Å². The summed E-state index contributed by atoms with van der Waals surface area (Å²) in [6.45, 7) is 0. The van der Waals surface area contributed by atoms with Gasteiger partial charge < -0.3 is 0 Å². The molecular formula is C6H12Cl2PS+. The Balaban J connectivity index is 0.000000180. The van der Waals surface area contributed by atoms with Gasteiger partial charge in [0.25, 0.3) is 0 Å². The number of halogens is 2. The van der Waals surface area contributed by atoms with Gasteiger partial charge in [0.1, 0.15) is 0 Å². The average molecular weight is 218 g/mol. The van der Waals surface area contributed by atoms with E-state index in [9.17, 15) is 0 Å². The van der Waals surface area contributed by atoms with E-state index in [2.05, 4.69) is 11.8 Å². The Kier molecular flexibility index (Phi) is 9.10. The van der Waals surface area contributed by atoms with Gasteiger partial charge in [0.2, 0.25) is 11.8 Å². The van der Waals surface area contributed by atoms with E-state index in [1.165, 1.54) is 38.5 Å². The van der Waals surface area contributed by atoms with Gasteiger partial charge >= 0.3 is 5.40 Å². The molecule has 0 aromatic rings. The second kappa shape index (κ2) is 8.20. The quantitative estimate of drug-likeness (QED) is 0.536. The molecule has 0 aromatic carbocycles. The van der Waals surface area contributed by atoms with Crippen molar-refractivity contribution in [2.45, 2.75) is 38.5 Å². The molecule has 1 aliphatic carbocycles. The van der Waals surface area contributed by atoms with Gasteiger partial charge in [-0.15, -0.1) is 0 Å². The van der Waals surface area contributed by atoms with Crippen LogP contribution in [0.3, 0.4) is 0 Å². The molecule has 1 fully saturated rings. The predicted octanol–water partition coefficient (Wildman–Crippen LogP) is 4.58. The lowest BCUT2D eigenvalue weighted by molar-refractivity contribution is 0.504. The molecule has 0 amide bonds. The van der Waals surface area contributed by atoms with E-state index in [1.807, 2.05) is 0 Å². The molecule has 1 rings (SSSR count). The van der Waals surface area contributed by atoms with Crippen LogP contribution < -0.4 is 0 Å². The van der Waals surface area contributed by atoms with Gasteiger partial charge in [0.05, 0.1) is 0 Å². The lowest BCUT2D eigenvalue weighted by atomic mass is 10.0. The van der Waals surface area contributed by atoms with Crippen LogP contribution in [0.25, 0.3) is 0 Å². The van der Waals surface area contributed by atoms with Crippen LogP contribution in [0.2, 0.25) is 0 Å². The maximum atomic E-state index is 4.92. The topological polar surface area (TPSA) is 0 Å². The lowest BCUT2D eigenvalue weighted by Crippen LogP contribution is -1.85. The molecule has 0 nitrogen and oxygen atoms in total. The molecule has 0 radical (unpaired) electrons. The molecule has 0 atom stereocenters. The van der Waals surface area contributed by atoms with Crippen molar-refractivity contribution in [2.24, 2.45) is 0 Å². The minimum absolute atomic E-state index is 1.09. The SMILES string of the molecule is C1CCCCC1.S=[P+](Cl)Cl. The van der Waals surface area contributed by atoms with Crippen molar-refractivity contribution in [1.29, 1.82) is 0 Å². The summed E-state index contributed by atoms with van der Waals surface area (Å²) in [5.74, 6) is 0. The van der Waals surface area contributed by atoms with E-state index >= 15 is 0 Å². The maximum Gasteiger partial charge on any atom is 0.407 e. The molecule has 0 spiro atoms. The molecule has 60 valence electrons. The minimum atomic E-state index is -1.09. The van der Waals surface area contributed by atoms with Crippen LogP contribution in [0.1, 0.15) is 38.5 Å². The van der Waals surface area contributed by atoms with E-state index in [-0.39, 0.29) is 0 Å². The fourth-order valence-electron chi connectivity index (χ4n) is 1.06. The van der Waals surface area contributed by atoms with Crippen LogP contribution in [-0.2, 0) is 11.8 Å². The van der Waals surface area contributed by atoms with E-state index in [0.29, 0.717) is 0 Å². The largest absolute Gasteiger partial charge is 0.407 e. The molecule has 0 heterocycles. The zero-order valence-electron chi connectivity index (χ0n) is 5.85. The molecule has 4 heteroatoms. The van der Waals surface area contributed by atoms with Crippen molar-refractivity contribution < 1.29 is 0 Å². The van der Waals surface area contributed by atoms with Gasteiger partial charge in [-0.25, -0.2) is 0 Å². The molecule has 0 saturated heterocycles. The third-order valence-corrected chi connectivity index (χ3v) is 1.50. The Morgan fingerprint density at radius 2 is 0.900 bits per heavy atom. The second-order valence-electron chi connectivity index (χ2n) is 2.32. The fourth-order valence-corrected chi connectivity index (χ4v) is 1.06. The molecule has 0 bridgehead atoms. The summed E-state index contributed by atoms with van der Waals surface area (Å²) in [5, 5.41) is -1.09. The van der Waals surface area contributed by atoms with E-state index in [1.54, 1.807) is 0 Å². The van der Waals surface area contributed by atoms with Crippen LogP contribution >= 0.6 is 27.9 Å². The van der Waals surface area contributed by atoms with Crippen molar-refractivity contribution in [3.63, 3.8) is 0 Å². The highest BCUT2D eigenvalue weighted by atomic mass is 35.9. The van der Waals surface area contributed by atoms with Crippen LogP contribution in [0, 0.1) is 0 Å². The van der Waals surface area contributed by atoms with Crippen molar-refractivity contribution >= 4 is 39.7 Å². The smallest absolute Gasteiger partial charge is 0.0533 e. The second-order valence-corrected chi connectivity index (χ2v) is 7.57. The standard InChI is InChI=1S/C6H12.Cl2PS/c1-2-4-6-5-3-1;1-3(2)4/h1-6H2;/q;+1. The summed E-state index contributed by atoms with van der Waals surface area (Å²) in [6, 6.07) is 0. The Morgan fingerprint density at radius 3 is 1.00 bits per heavy atom. The third kappa shape index (κ3) is 11.8. The summed E-state index contributed by atoms with van der Waals surface area (Å²) in [5.41, 5.74) is 0. The first-order valence-electron chi connectivity index (χ1n) is 3.52. The van der Waals surface area contributed by atoms with Crippen molar-refractivity contribution in [3.8, 4) is 0 Å². The van der Waals surface area contributed by atoms with Gasteiger partial charge in [-0.2, -0.15) is 0 Å². The Bertz CT molecular complexity index is 78.2. The van der Waals surface area contributed by atoms with Gasteiger partial charge in [-0.1, -0.05) is 38.5 Å². The molecular weight excluding hydrogens is 206 g/mol. The predicted molar refractivity (Wildman–Crippen MR) is 53.7 cm³/mol. The Labute approximate surface area is 78.3 Å². The highest BCUT2D eigenvalue weighted by Gasteiger charge is 1.95. The summed E-state index contributed by atoms with van der Waals surface area (Å²) in [7, 11) is 0. The minimum Gasteiger partial charge on any atom is -0.0533 e. The molecule has 1 aliphatic rings. The zero-order chi connectivity index (χ0) is 7.82. The fraction of sp³-hybridized carbons (Fsp3) is 1.00. The van der Waals surface area contributed by atoms with E-state index < -0.39 is 5.40 Å². The Hall–Kier alpha value is 1.10. The van der Waals surface area contributed by atoms with Gasteiger partial charge in [-0.3, -0.25) is 0 Å². The van der Waals surface area contributed by atoms with E-state index in [4.69, 9.17) is 22.5 Å². The van der Waals surface area contributed by atoms with Crippen LogP contribution in [0.15, 0.2) is 0 Å². The first-order chi connectivity index (χ1) is 4.73. The average Bonchev–Trinajstić information content (AvgIpc) is 1.90. The first kappa shape index (κ1) is 11.1. The van der Waals surface area contributed by atoms with Crippen molar-refractivity contribution in [2.75, 3.05) is 0 Å². The third-order valence-electron chi connectivity index (χ3n) is 1.50. The van der Waals surface area contributed by atoms with Crippen LogP contribution in [0.5, 0.6) is 0 Å². The monoisotopic (exact) mass is 217 g/mol. The van der Waals surface area contributed by atoms with Crippen molar-refractivity contribution in [3.05, 3.63) is 0 Å². The molecule has 1 saturated carbocycles. The van der Waals surface area contributed by atoms with E-state index in [0.717, 1.165) is 0 Å². The summed E-state index contributed by atoms with van der Waals surface area (Å²) in [4.78, 5) is 0. The molecule has 0 N–H and O–H groups in total. The van der Waals surface area contributed by atoms with Crippen LogP contribution in [0.4, 0.5) is 0 Å². The summed E-state index contributed by atoms with van der Waals surface area (Å²) in [6.07, 6.45) is 9.00. The number of hydrogen-bond acceptors (Lipinski definition) is 1. The lowest BCUT2D eigenvalue weighted by Gasteiger charge is -2.05. The van der Waals surface area contributed by atoms with Gasteiger partial charge in [0, 0.05) is 0 Å². The van der Waals surface area contributed by atoms with Gasteiger partial charge in [0.15, 0.2) is 22.5 Å². The first-order valence-corrected chi connectivity index (χ1v) is 7.69. The number of rotatable bonds is 0. The number of hydrogen-bond donors (Lipinski definition) is 0. The highest BCUT2D eigenvalue weighted by Crippen LogP contribution is 2.31. The molecule has 0 aromatic heterocycles. The summed E-state index contributed by atoms with van der Waals surface area (Å²) < 4.78 is 0. The maximum absolute atomic E-state index is 4.92. The van der Waals surface area contributed by atoms with Crippen LogP contribution in [-0.4, -0.2) is 0 Å². The zero-order valence-corrected chi connectivity index (χ0v) is 9.08.